The molecule has 3 nitrogen and oxygen atoms in total. The zero-order valence-corrected chi connectivity index (χ0v) is 10.6. The second-order valence-corrected chi connectivity index (χ2v) is 4.62. The first-order chi connectivity index (χ1) is 8.34. The number of nitrogens with zero attached hydrogens (tertiary/aromatic N) is 1. The van der Waals surface area contributed by atoms with Crippen LogP contribution in [0.25, 0.3) is 0 Å². The van der Waals surface area contributed by atoms with Crippen LogP contribution in [0.5, 0.6) is 0 Å². The van der Waals surface area contributed by atoms with Crippen molar-refractivity contribution in [3.8, 4) is 0 Å². The molecule has 1 heterocycles. The Hall–Kier alpha value is -0.900. The van der Waals surface area contributed by atoms with Crippen LogP contribution in [0.1, 0.15) is 11.1 Å². The first-order valence-corrected chi connectivity index (χ1v) is 6.41. The molecule has 0 aliphatic carbocycles. The van der Waals surface area contributed by atoms with Gasteiger partial charge in [0.15, 0.2) is 0 Å². The van der Waals surface area contributed by atoms with Crippen molar-refractivity contribution < 1.29 is 4.74 Å². The van der Waals surface area contributed by atoms with Crippen molar-refractivity contribution in [2.75, 3.05) is 39.4 Å². The summed E-state index contributed by atoms with van der Waals surface area (Å²) in [5.74, 6) is 0. The highest BCUT2D eigenvalue weighted by Gasteiger charge is 2.08. The molecular weight excluding hydrogens is 212 g/mol. The summed E-state index contributed by atoms with van der Waals surface area (Å²) in [5.41, 5.74) is 2.70. The van der Waals surface area contributed by atoms with E-state index in [2.05, 4.69) is 41.4 Å². The lowest BCUT2D eigenvalue weighted by Crippen LogP contribution is -2.40. The Morgan fingerprint density at radius 2 is 2.12 bits per heavy atom. The predicted molar refractivity (Wildman–Crippen MR) is 70.1 cm³/mol. The minimum Gasteiger partial charge on any atom is -0.379 e. The number of hydrogen-bond donors (Lipinski definition) is 1. The molecule has 2 rings (SSSR count). The van der Waals surface area contributed by atoms with Gasteiger partial charge in [-0.25, -0.2) is 0 Å². The Balaban J connectivity index is 1.62. The number of hydrogen-bond acceptors (Lipinski definition) is 3. The summed E-state index contributed by atoms with van der Waals surface area (Å²) in [7, 11) is 0. The lowest BCUT2D eigenvalue weighted by Gasteiger charge is -2.26. The molecule has 1 aromatic rings. The van der Waals surface area contributed by atoms with E-state index in [9.17, 15) is 0 Å². The van der Waals surface area contributed by atoms with Crippen LogP contribution in [0.2, 0.25) is 0 Å². The molecule has 0 aromatic heterocycles. The van der Waals surface area contributed by atoms with Gasteiger partial charge in [-0.3, -0.25) is 4.90 Å². The van der Waals surface area contributed by atoms with E-state index in [0.717, 1.165) is 45.9 Å². The highest BCUT2D eigenvalue weighted by Crippen LogP contribution is 2.03. The van der Waals surface area contributed by atoms with Crippen molar-refractivity contribution in [2.24, 2.45) is 0 Å². The third-order valence-electron chi connectivity index (χ3n) is 3.12. The molecule has 1 aliphatic heterocycles. The third kappa shape index (κ3) is 4.46. The number of aryl methyl sites for hydroxylation is 1. The van der Waals surface area contributed by atoms with Crippen molar-refractivity contribution in [3.05, 3.63) is 35.4 Å². The number of benzene rings is 1. The van der Waals surface area contributed by atoms with Gasteiger partial charge in [0.1, 0.15) is 0 Å². The number of morpholine rings is 1. The molecule has 0 saturated carbocycles. The van der Waals surface area contributed by atoms with E-state index in [4.69, 9.17) is 4.74 Å². The molecule has 0 radical (unpaired) electrons. The van der Waals surface area contributed by atoms with Gasteiger partial charge in [0.05, 0.1) is 13.2 Å². The van der Waals surface area contributed by atoms with Gasteiger partial charge in [-0.1, -0.05) is 29.8 Å². The smallest absolute Gasteiger partial charge is 0.0594 e. The summed E-state index contributed by atoms with van der Waals surface area (Å²) in [6.45, 7) is 9.19. The third-order valence-corrected chi connectivity index (χ3v) is 3.12. The molecule has 0 atom stereocenters. The van der Waals surface area contributed by atoms with Gasteiger partial charge in [0, 0.05) is 32.7 Å². The van der Waals surface area contributed by atoms with E-state index in [1.807, 2.05) is 0 Å². The fourth-order valence-corrected chi connectivity index (χ4v) is 2.12. The summed E-state index contributed by atoms with van der Waals surface area (Å²) >= 11 is 0. The summed E-state index contributed by atoms with van der Waals surface area (Å²) in [6.07, 6.45) is 0. The first-order valence-electron chi connectivity index (χ1n) is 6.41. The Labute approximate surface area is 104 Å². The average Bonchev–Trinajstić information content (AvgIpc) is 2.36. The summed E-state index contributed by atoms with van der Waals surface area (Å²) in [5, 5.41) is 3.49. The minimum atomic E-state index is 0.887. The minimum absolute atomic E-state index is 0.887. The molecule has 17 heavy (non-hydrogen) atoms. The van der Waals surface area contributed by atoms with Crippen molar-refractivity contribution >= 4 is 0 Å². The van der Waals surface area contributed by atoms with Crippen molar-refractivity contribution in [2.45, 2.75) is 13.5 Å². The normalized spacial score (nSPS) is 17.2. The highest BCUT2D eigenvalue weighted by atomic mass is 16.5. The van der Waals surface area contributed by atoms with Gasteiger partial charge in [0.2, 0.25) is 0 Å². The Bertz CT molecular complexity index is 335. The molecule has 3 heteroatoms. The molecular formula is C14H22N2O. The van der Waals surface area contributed by atoms with Crippen molar-refractivity contribution in [3.63, 3.8) is 0 Å². The van der Waals surface area contributed by atoms with Crippen LogP contribution in [-0.4, -0.2) is 44.3 Å². The molecule has 0 amide bonds. The lowest BCUT2D eigenvalue weighted by molar-refractivity contribution is 0.0384. The molecule has 1 N–H and O–H groups in total. The van der Waals surface area contributed by atoms with Crippen LogP contribution < -0.4 is 5.32 Å². The van der Waals surface area contributed by atoms with Crippen LogP contribution >= 0.6 is 0 Å². The van der Waals surface area contributed by atoms with Crippen LogP contribution in [0, 0.1) is 6.92 Å². The summed E-state index contributed by atoms with van der Waals surface area (Å²) in [6, 6.07) is 8.67. The molecule has 1 aliphatic rings. The SMILES string of the molecule is Cc1cccc(CNCCN2CCOCC2)c1. The molecule has 1 fully saturated rings. The molecule has 1 aromatic carbocycles. The Kier molecular flexibility index (Phi) is 4.98. The molecule has 1 saturated heterocycles. The van der Waals surface area contributed by atoms with Gasteiger partial charge < -0.3 is 10.1 Å². The number of rotatable bonds is 5. The van der Waals surface area contributed by atoms with Crippen LogP contribution in [-0.2, 0) is 11.3 Å². The fraction of sp³-hybridized carbons (Fsp3) is 0.571. The van der Waals surface area contributed by atoms with E-state index in [1.54, 1.807) is 0 Å². The molecule has 0 spiro atoms. The van der Waals surface area contributed by atoms with E-state index in [-0.39, 0.29) is 0 Å². The van der Waals surface area contributed by atoms with Gasteiger partial charge in [0.25, 0.3) is 0 Å². The summed E-state index contributed by atoms with van der Waals surface area (Å²) < 4.78 is 5.33. The second-order valence-electron chi connectivity index (χ2n) is 4.62. The molecule has 94 valence electrons. The molecule has 0 bridgehead atoms. The van der Waals surface area contributed by atoms with E-state index < -0.39 is 0 Å². The van der Waals surface area contributed by atoms with Crippen molar-refractivity contribution in [1.82, 2.24) is 10.2 Å². The Morgan fingerprint density at radius 1 is 1.29 bits per heavy atom. The first kappa shape index (κ1) is 12.6. The van der Waals surface area contributed by atoms with E-state index >= 15 is 0 Å². The topological polar surface area (TPSA) is 24.5 Å². The van der Waals surface area contributed by atoms with Gasteiger partial charge in [-0.2, -0.15) is 0 Å². The average molecular weight is 234 g/mol. The molecule has 0 unspecified atom stereocenters. The van der Waals surface area contributed by atoms with Crippen molar-refractivity contribution in [1.29, 1.82) is 0 Å². The standard InChI is InChI=1S/C14H22N2O/c1-13-3-2-4-14(11-13)12-15-5-6-16-7-9-17-10-8-16/h2-4,11,15H,5-10,12H2,1H3. The quantitative estimate of drug-likeness (QED) is 0.780. The maximum Gasteiger partial charge on any atom is 0.0594 e. The van der Waals surface area contributed by atoms with E-state index in [0.29, 0.717) is 0 Å². The van der Waals surface area contributed by atoms with Crippen LogP contribution in [0.4, 0.5) is 0 Å². The zero-order valence-electron chi connectivity index (χ0n) is 10.6. The summed E-state index contributed by atoms with van der Waals surface area (Å²) in [4.78, 5) is 2.45. The maximum atomic E-state index is 5.33. The van der Waals surface area contributed by atoms with E-state index in [1.165, 1.54) is 11.1 Å². The largest absolute Gasteiger partial charge is 0.379 e. The van der Waals surface area contributed by atoms with Gasteiger partial charge >= 0.3 is 0 Å². The van der Waals surface area contributed by atoms with Crippen LogP contribution in [0.3, 0.4) is 0 Å². The van der Waals surface area contributed by atoms with Gasteiger partial charge in [-0.15, -0.1) is 0 Å². The predicted octanol–water partition coefficient (Wildman–Crippen LogP) is 1.42. The maximum absolute atomic E-state index is 5.33. The Morgan fingerprint density at radius 3 is 2.88 bits per heavy atom. The second kappa shape index (κ2) is 6.74. The lowest BCUT2D eigenvalue weighted by atomic mass is 10.1. The number of ether oxygens (including phenoxy) is 1. The van der Waals surface area contributed by atoms with Crippen LogP contribution in [0.15, 0.2) is 24.3 Å². The zero-order chi connectivity index (χ0) is 11.9. The highest BCUT2D eigenvalue weighted by molar-refractivity contribution is 5.21. The van der Waals surface area contributed by atoms with Gasteiger partial charge in [-0.05, 0) is 12.5 Å². The fourth-order valence-electron chi connectivity index (χ4n) is 2.12. The number of nitrogens with one attached hydrogen (secondary N) is 1. The monoisotopic (exact) mass is 234 g/mol.